The second kappa shape index (κ2) is 7.47. The van der Waals surface area contributed by atoms with Crippen LogP contribution >= 0.6 is 0 Å². The van der Waals surface area contributed by atoms with Crippen molar-refractivity contribution in [2.24, 2.45) is 5.92 Å². The summed E-state index contributed by atoms with van der Waals surface area (Å²) in [6, 6.07) is 2.85. The van der Waals surface area contributed by atoms with Crippen LogP contribution in [0.1, 0.15) is 25.3 Å². The van der Waals surface area contributed by atoms with E-state index in [1.807, 2.05) is 6.92 Å². The molecule has 9 heteroatoms. The number of sulfone groups is 1. The first-order valence-electron chi connectivity index (χ1n) is 7.65. The van der Waals surface area contributed by atoms with Gasteiger partial charge in [-0.2, -0.15) is 13.2 Å². The zero-order valence-electron chi connectivity index (χ0n) is 13.5. The minimum absolute atomic E-state index is 0.0851. The monoisotopic (exact) mass is 377 g/mol. The van der Waals surface area contributed by atoms with Crippen LogP contribution in [0.25, 0.3) is 0 Å². The molecule has 0 saturated heterocycles. The first-order chi connectivity index (χ1) is 11.6. The fourth-order valence-corrected chi connectivity index (χ4v) is 3.75. The largest absolute Gasteiger partial charge is 0.491 e. The number of halogens is 3. The lowest BCUT2D eigenvalue weighted by Crippen LogP contribution is -2.18. The summed E-state index contributed by atoms with van der Waals surface area (Å²) >= 11 is 0. The Balaban J connectivity index is 2.14. The molecule has 0 saturated carbocycles. The van der Waals surface area contributed by atoms with Crippen molar-refractivity contribution in [3.8, 4) is 5.75 Å². The number of amides is 1. The van der Waals surface area contributed by atoms with Gasteiger partial charge in [0.2, 0.25) is 5.91 Å². The van der Waals surface area contributed by atoms with Crippen LogP contribution in [0.15, 0.2) is 29.7 Å². The Morgan fingerprint density at radius 2 is 2.08 bits per heavy atom. The van der Waals surface area contributed by atoms with Crippen molar-refractivity contribution in [2.45, 2.75) is 25.9 Å². The number of ether oxygens (including phenoxy) is 1. The number of hydrogen-bond donors (Lipinski definition) is 1. The van der Waals surface area contributed by atoms with Gasteiger partial charge in [-0.25, -0.2) is 8.42 Å². The summed E-state index contributed by atoms with van der Waals surface area (Å²) in [5.74, 6) is -1.11. The summed E-state index contributed by atoms with van der Waals surface area (Å²) in [5.41, 5.74) is -0.993. The summed E-state index contributed by atoms with van der Waals surface area (Å²) in [6.45, 7) is 2.13. The summed E-state index contributed by atoms with van der Waals surface area (Å²) in [6.07, 6.45) is -2.63. The third-order valence-electron chi connectivity index (χ3n) is 3.49. The van der Waals surface area contributed by atoms with E-state index in [2.05, 4.69) is 5.32 Å². The molecular weight excluding hydrogens is 359 g/mol. The molecule has 5 nitrogen and oxygen atoms in total. The lowest BCUT2D eigenvalue weighted by Gasteiger charge is -2.15. The van der Waals surface area contributed by atoms with Gasteiger partial charge in [0.05, 0.1) is 23.6 Å². The molecule has 0 aromatic heterocycles. The molecular formula is C16H18F3NO4S. The summed E-state index contributed by atoms with van der Waals surface area (Å²) < 4.78 is 66.7. The molecule has 1 aromatic carbocycles. The minimum Gasteiger partial charge on any atom is -0.491 e. The van der Waals surface area contributed by atoms with Crippen LogP contribution < -0.4 is 10.1 Å². The van der Waals surface area contributed by atoms with Gasteiger partial charge in [-0.3, -0.25) is 4.79 Å². The smallest absolute Gasteiger partial charge is 0.416 e. The average Bonchev–Trinajstić information content (AvgIpc) is 2.83. The highest BCUT2D eigenvalue weighted by atomic mass is 32.2. The van der Waals surface area contributed by atoms with Gasteiger partial charge in [0, 0.05) is 17.7 Å². The van der Waals surface area contributed by atoms with Gasteiger partial charge in [0.15, 0.2) is 9.84 Å². The maximum Gasteiger partial charge on any atom is 0.416 e. The van der Waals surface area contributed by atoms with Gasteiger partial charge in [0.25, 0.3) is 0 Å². The highest BCUT2D eigenvalue weighted by molar-refractivity contribution is 7.94. The molecule has 0 radical (unpaired) electrons. The van der Waals surface area contributed by atoms with E-state index in [4.69, 9.17) is 4.74 Å². The van der Waals surface area contributed by atoms with E-state index in [9.17, 15) is 26.4 Å². The molecule has 1 N–H and O–H groups in total. The average molecular weight is 377 g/mol. The molecule has 2 rings (SSSR count). The first kappa shape index (κ1) is 19.3. The van der Waals surface area contributed by atoms with Crippen LogP contribution in [-0.4, -0.2) is 26.7 Å². The molecule has 0 aliphatic carbocycles. The quantitative estimate of drug-likeness (QED) is 0.825. The Kier molecular flexibility index (Phi) is 5.76. The topological polar surface area (TPSA) is 72.5 Å². The lowest BCUT2D eigenvalue weighted by molar-refractivity contribution is -0.137. The van der Waals surface area contributed by atoms with Crippen molar-refractivity contribution in [2.75, 3.05) is 17.7 Å². The number of nitrogens with one attached hydrogen (secondary N) is 1. The third kappa shape index (κ3) is 5.48. The van der Waals surface area contributed by atoms with E-state index < -0.39 is 33.4 Å². The molecule has 1 amide bonds. The normalized spacial score (nSPS) is 19.0. The molecule has 0 spiro atoms. The number of allylic oxidation sites excluding steroid dienone is 1. The number of alkyl halides is 3. The van der Waals surface area contributed by atoms with Gasteiger partial charge in [0.1, 0.15) is 5.75 Å². The van der Waals surface area contributed by atoms with Crippen molar-refractivity contribution >= 4 is 21.4 Å². The molecule has 25 heavy (non-hydrogen) atoms. The number of carbonyl (C=O) groups is 1. The number of anilines is 1. The summed E-state index contributed by atoms with van der Waals surface area (Å²) in [4.78, 5) is 12.1. The Morgan fingerprint density at radius 1 is 1.36 bits per heavy atom. The fourth-order valence-electron chi connectivity index (χ4n) is 2.35. The van der Waals surface area contributed by atoms with Crippen molar-refractivity contribution in [1.29, 1.82) is 0 Å². The minimum atomic E-state index is -4.55. The van der Waals surface area contributed by atoms with Gasteiger partial charge >= 0.3 is 6.18 Å². The van der Waals surface area contributed by atoms with Crippen LogP contribution in [0.2, 0.25) is 0 Å². The highest BCUT2D eigenvalue weighted by Crippen LogP contribution is 2.35. The van der Waals surface area contributed by atoms with E-state index in [1.54, 1.807) is 0 Å². The zero-order chi connectivity index (χ0) is 18.7. The van der Waals surface area contributed by atoms with E-state index in [0.29, 0.717) is 6.42 Å². The second-order valence-electron chi connectivity index (χ2n) is 5.73. The van der Waals surface area contributed by atoms with E-state index >= 15 is 0 Å². The standard InChI is InChI=1S/C16H18F3NO4S/c1-2-6-24-14-4-3-12(16(17,18)19)9-13(14)20-15(21)8-11-5-7-25(22,23)10-11/h3-5,7,9,11H,2,6,8,10H2,1H3,(H,20,21). The first-order valence-corrected chi connectivity index (χ1v) is 9.37. The van der Waals surface area contributed by atoms with Crippen molar-refractivity contribution in [3.63, 3.8) is 0 Å². The Morgan fingerprint density at radius 3 is 2.64 bits per heavy atom. The summed E-state index contributed by atoms with van der Waals surface area (Å²) in [7, 11) is -3.29. The number of carbonyl (C=O) groups excluding carboxylic acids is 1. The number of hydrogen-bond acceptors (Lipinski definition) is 4. The number of benzene rings is 1. The molecule has 138 valence electrons. The van der Waals surface area contributed by atoms with Crippen LogP contribution in [-0.2, 0) is 20.8 Å². The number of rotatable bonds is 6. The van der Waals surface area contributed by atoms with Gasteiger partial charge in [-0.1, -0.05) is 13.0 Å². The van der Waals surface area contributed by atoms with E-state index in [-0.39, 0.29) is 30.2 Å². The van der Waals surface area contributed by atoms with Crippen molar-refractivity contribution in [3.05, 3.63) is 35.2 Å². The Hall–Kier alpha value is -2.03. The van der Waals surface area contributed by atoms with Crippen LogP contribution in [0, 0.1) is 5.92 Å². The molecule has 1 aromatic rings. The predicted molar refractivity (Wildman–Crippen MR) is 86.9 cm³/mol. The van der Waals surface area contributed by atoms with Crippen LogP contribution in [0.3, 0.4) is 0 Å². The van der Waals surface area contributed by atoms with Gasteiger partial charge in [-0.05, 0) is 24.6 Å². The van der Waals surface area contributed by atoms with Crippen LogP contribution in [0.5, 0.6) is 5.75 Å². The fraction of sp³-hybridized carbons (Fsp3) is 0.438. The molecule has 1 aliphatic rings. The van der Waals surface area contributed by atoms with Crippen molar-refractivity contribution in [1.82, 2.24) is 0 Å². The van der Waals surface area contributed by atoms with Gasteiger partial charge < -0.3 is 10.1 Å². The van der Waals surface area contributed by atoms with Gasteiger partial charge in [-0.15, -0.1) is 0 Å². The molecule has 0 bridgehead atoms. The maximum absolute atomic E-state index is 12.9. The third-order valence-corrected chi connectivity index (χ3v) is 4.96. The molecule has 0 fully saturated rings. The second-order valence-corrected chi connectivity index (χ2v) is 7.66. The van der Waals surface area contributed by atoms with E-state index in [0.717, 1.165) is 23.6 Å². The SMILES string of the molecule is CCCOc1ccc(C(F)(F)F)cc1NC(=O)CC1C=CS(=O)(=O)C1. The Bertz CT molecular complexity index is 772. The summed E-state index contributed by atoms with van der Waals surface area (Å²) in [5, 5.41) is 3.44. The van der Waals surface area contributed by atoms with Crippen LogP contribution in [0.4, 0.5) is 18.9 Å². The van der Waals surface area contributed by atoms with E-state index in [1.165, 1.54) is 6.08 Å². The molecule has 1 heterocycles. The highest BCUT2D eigenvalue weighted by Gasteiger charge is 2.31. The van der Waals surface area contributed by atoms with Crippen molar-refractivity contribution < 1.29 is 31.1 Å². The maximum atomic E-state index is 12.9. The molecule has 1 unspecified atom stereocenters. The zero-order valence-corrected chi connectivity index (χ0v) is 14.3. The predicted octanol–water partition coefficient (Wildman–Crippen LogP) is 3.38. The molecule has 1 aliphatic heterocycles. The lowest BCUT2D eigenvalue weighted by atomic mass is 10.1. The Labute approximate surface area is 143 Å². The molecule has 1 atom stereocenters.